The van der Waals surface area contributed by atoms with E-state index in [2.05, 4.69) is 15.3 Å². The number of rotatable bonds is 1. The van der Waals surface area contributed by atoms with Crippen molar-refractivity contribution in [1.82, 2.24) is 24.7 Å². The molecule has 1 spiro atoms. The summed E-state index contributed by atoms with van der Waals surface area (Å²) in [6.45, 7) is 2.61. The molecule has 0 radical (unpaired) electrons. The molecular formula is C28H30N6O3. The highest BCUT2D eigenvalue weighted by molar-refractivity contribution is 6.11. The Bertz CT molecular complexity index is 1420. The Balaban J connectivity index is 1.26. The lowest BCUT2D eigenvalue weighted by molar-refractivity contribution is -0.139. The number of amides is 3. The molecule has 9 nitrogen and oxygen atoms in total. The highest BCUT2D eigenvalue weighted by Gasteiger charge is 2.67. The van der Waals surface area contributed by atoms with Gasteiger partial charge in [-0.3, -0.25) is 19.3 Å². The number of benzene rings is 1. The van der Waals surface area contributed by atoms with Crippen LogP contribution < -0.4 is 10.2 Å². The number of nitrogens with one attached hydrogen (secondary N) is 1. The van der Waals surface area contributed by atoms with Crippen molar-refractivity contribution in [2.24, 2.45) is 5.92 Å². The van der Waals surface area contributed by atoms with E-state index in [1.807, 2.05) is 46.2 Å². The van der Waals surface area contributed by atoms with Crippen molar-refractivity contribution in [2.75, 3.05) is 37.6 Å². The number of nitrogens with zero attached hydrogens (tertiary/aromatic N) is 5. The maximum atomic E-state index is 14.4. The molecule has 7 rings (SSSR count). The van der Waals surface area contributed by atoms with Gasteiger partial charge in [0.15, 0.2) is 0 Å². The van der Waals surface area contributed by atoms with Crippen molar-refractivity contribution in [1.29, 1.82) is 0 Å². The molecule has 4 aliphatic heterocycles. The van der Waals surface area contributed by atoms with Gasteiger partial charge < -0.3 is 15.1 Å². The van der Waals surface area contributed by atoms with Crippen LogP contribution in [0, 0.1) is 5.92 Å². The van der Waals surface area contributed by atoms with Crippen LogP contribution in [0.5, 0.6) is 0 Å². The monoisotopic (exact) mass is 498 g/mol. The minimum absolute atomic E-state index is 0.0214. The van der Waals surface area contributed by atoms with E-state index in [4.69, 9.17) is 0 Å². The van der Waals surface area contributed by atoms with Crippen molar-refractivity contribution >= 4 is 28.9 Å². The predicted molar refractivity (Wildman–Crippen MR) is 137 cm³/mol. The number of fused-ring (bicyclic) bond motifs is 5. The SMILES string of the molecule is O=C1NCCCN(C(=O)c2ccn3nccc3c2)CCN2C(=O)[C@@]3(c4ccccc42)[C@H]1C[C@@H]1CCCN13. The van der Waals surface area contributed by atoms with E-state index in [9.17, 15) is 14.4 Å². The summed E-state index contributed by atoms with van der Waals surface area (Å²) in [4.78, 5) is 47.6. The first-order valence-electron chi connectivity index (χ1n) is 13.3. The van der Waals surface area contributed by atoms with Crippen LogP contribution in [0.1, 0.15) is 41.6 Å². The van der Waals surface area contributed by atoms with Crippen molar-refractivity contribution in [3.05, 3.63) is 66.0 Å². The number of para-hydroxylation sites is 1. The third kappa shape index (κ3) is 3.19. The van der Waals surface area contributed by atoms with Gasteiger partial charge in [-0.2, -0.15) is 5.10 Å². The minimum Gasteiger partial charge on any atom is -0.356 e. The van der Waals surface area contributed by atoms with Crippen LogP contribution in [0.3, 0.4) is 0 Å². The summed E-state index contributed by atoms with van der Waals surface area (Å²) in [6, 6.07) is 13.7. The summed E-state index contributed by atoms with van der Waals surface area (Å²) < 4.78 is 1.73. The first-order chi connectivity index (χ1) is 18.1. The predicted octanol–water partition coefficient (Wildman–Crippen LogP) is 2.02. The number of hydrogen-bond acceptors (Lipinski definition) is 5. The zero-order chi connectivity index (χ0) is 25.1. The van der Waals surface area contributed by atoms with Crippen molar-refractivity contribution in [3.8, 4) is 0 Å². The van der Waals surface area contributed by atoms with E-state index in [0.717, 1.165) is 36.2 Å². The second-order valence-electron chi connectivity index (χ2n) is 10.6. The molecule has 6 heterocycles. The third-order valence-corrected chi connectivity index (χ3v) is 8.77. The van der Waals surface area contributed by atoms with E-state index >= 15 is 0 Å². The van der Waals surface area contributed by atoms with Gasteiger partial charge in [-0.1, -0.05) is 18.2 Å². The lowest BCUT2D eigenvalue weighted by atomic mass is 9.78. The molecule has 1 N–H and O–H groups in total. The van der Waals surface area contributed by atoms with E-state index < -0.39 is 11.5 Å². The van der Waals surface area contributed by atoms with Crippen LogP contribution in [0.25, 0.3) is 5.52 Å². The maximum absolute atomic E-state index is 14.4. The highest BCUT2D eigenvalue weighted by atomic mass is 16.2. The fourth-order valence-corrected chi connectivity index (χ4v) is 7.16. The summed E-state index contributed by atoms with van der Waals surface area (Å²) >= 11 is 0. The second-order valence-corrected chi connectivity index (χ2v) is 10.6. The molecule has 0 saturated carbocycles. The Kier molecular flexibility index (Phi) is 5.11. The Hall–Kier alpha value is -3.72. The number of carbonyl (C=O) groups is 3. The van der Waals surface area contributed by atoms with Crippen LogP contribution in [-0.2, 0) is 15.1 Å². The van der Waals surface area contributed by atoms with Gasteiger partial charge in [-0.25, -0.2) is 4.52 Å². The Morgan fingerprint density at radius 2 is 1.92 bits per heavy atom. The van der Waals surface area contributed by atoms with Gasteiger partial charge in [0, 0.05) is 61.4 Å². The molecule has 0 unspecified atom stereocenters. The molecule has 9 heteroatoms. The van der Waals surface area contributed by atoms with Crippen LogP contribution in [0.15, 0.2) is 54.9 Å². The molecule has 3 amide bonds. The molecule has 2 bridgehead atoms. The van der Waals surface area contributed by atoms with E-state index in [1.165, 1.54) is 0 Å². The average molecular weight is 499 g/mol. The van der Waals surface area contributed by atoms with Gasteiger partial charge >= 0.3 is 0 Å². The van der Waals surface area contributed by atoms with E-state index in [0.29, 0.717) is 44.6 Å². The summed E-state index contributed by atoms with van der Waals surface area (Å²) in [5, 5.41) is 7.34. The Labute approximate surface area is 215 Å². The maximum Gasteiger partial charge on any atom is 0.254 e. The molecule has 3 aromatic rings. The molecule has 3 saturated heterocycles. The first-order valence-corrected chi connectivity index (χ1v) is 13.3. The first kappa shape index (κ1) is 22.5. The largest absolute Gasteiger partial charge is 0.356 e. The number of aromatic nitrogens is 2. The zero-order valence-electron chi connectivity index (χ0n) is 20.7. The van der Waals surface area contributed by atoms with Crippen LogP contribution in [0.4, 0.5) is 5.69 Å². The van der Waals surface area contributed by atoms with Gasteiger partial charge in [0.05, 0.1) is 11.4 Å². The molecule has 3 atom stereocenters. The topological polar surface area (TPSA) is 90.3 Å². The van der Waals surface area contributed by atoms with Crippen molar-refractivity contribution < 1.29 is 14.4 Å². The van der Waals surface area contributed by atoms with Crippen LogP contribution in [-0.4, -0.2) is 75.9 Å². The second kappa shape index (κ2) is 8.41. The fourth-order valence-electron chi connectivity index (χ4n) is 7.16. The number of hydrogen-bond donors (Lipinski definition) is 1. The average Bonchev–Trinajstić information content (AvgIpc) is 3.67. The minimum atomic E-state index is -0.955. The van der Waals surface area contributed by atoms with Gasteiger partial charge in [0.2, 0.25) is 5.91 Å². The summed E-state index contributed by atoms with van der Waals surface area (Å²) in [6.07, 6.45) is 6.92. The number of anilines is 1. The number of pyridine rings is 1. The lowest BCUT2D eigenvalue weighted by Crippen LogP contribution is -2.57. The summed E-state index contributed by atoms with van der Waals surface area (Å²) in [5.74, 6) is -0.563. The van der Waals surface area contributed by atoms with E-state index in [1.54, 1.807) is 23.0 Å². The molecule has 37 heavy (non-hydrogen) atoms. The standard InChI is InChI=1S/C28H30N6O3/c35-25-23-18-20-5-3-13-33(20)28(23)22-6-1-2-7-24(22)32(27(28)37)16-15-31(12-4-10-29-25)26(36)19-9-14-34-21(17-19)8-11-30-34/h1-2,6-9,11,14,17,20,23H,3-5,10,12-13,15-16,18H2,(H,29,35)/t20-,23-,28+/m0/s1. The van der Waals surface area contributed by atoms with Crippen LogP contribution >= 0.6 is 0 Å². The van der Waals surface area contributed by atoms with Gasteiger partial charge in [0.1, 0.15) is 5.54 Å². The molecule has 190 valence electrons. The van der Waals surface area contributed by atoms with Gasteiger partial charge in [-0.15, -0.1) is 0 Å². The van der Waals surface area contributed by atoms with Crippen molar-refractivity contribution in [3.63, 3.8) is 0 Å². The summed E-state index contributed by atoms with van der Waals surface area (Å²) in [7, 11) is 0. The molecule has 3 fully saturated rings. The van der Waals surface area contributed by atoms with E-state index in [-0.39, 0.29) is 23.8 Å². The summed E-state index contributed by atoms with van der Waals surface area (Å²) in [5.41, 5.74) is 2.29. The van der Waals surface area contributed by atoms with Gasteiger partial charge in [-0.05, 0) is 56.5 Å². The molecular weight excluding hydrogens is 468 g/mol. The molecule has 1 aromatic carbocycles. The Morgan fingerprint density at radius 1 is 1.03 bits per heavy atom. The molecule has 4 aliphatic rings. The molecule has 2 aromatic heterocycles. The lowest BCUT2D eigenvalue weighted by Gasteiger charge is -2.38. The smallest absolute Gasteiger partial charge is 0.254 e. The number of carbonyl (C=O) groups excluding carboxylic acids is 3. The zero-order valence-corrected chi connectivity index (χ0v) is 20.7. The molecule has 0 aliphatic carbocycles. The quantitative estimate of drug-likeness (QED) is 0.555. The Morgan fingerprint density at radius 3 is 2.84 bits per heavy atom. The normalized spacial score (nSPS) is 27.9. The fraction of sp³-hybridized carbons (Fsp3) is 0.429. The third-order valence-electron chi connectivity index (χ3n) is 8.77. The highest BCUT2D eigenvalue weighted by Crippen LogP contribution is 2.57. The van der Waals surface area contributed by atoms with Gasteiger partial charge in [0.25, 0.3) is 11.8 Å². The van der Waals surface area contributed by atoms with Crippen LogP contribution in [0.2, 0.25) is 0 Å². The van der Waals surface area contributed by atoms with Crippen molar-refractivity contribution in [2.45, 2.75) is 37.3 Å².